The summed E-state index contributed by atoms with van der Waals surface area (Å²) in [5.74, 6) is 1.13. The first kappa shape index (κ1) is 19.2. The minimum atomic E-state index is 0.0163. The first-order valence-electron chi connectivity index (χ1n) is 10.3. The number of benzene rings is 1. The average molecular weight is 383 g/mol. The van der Waals surface area contributed by atoms with Gasteiger partial charge < -0.3 is 9.64 Å². The van der Waals surface area contributed by atoms with E-state index in [9.17, 15) is 4.79 Å². The van der Waals surface area contributed by atoms with Gasteiger partial charge in [0, 0.05) is 38.3 Å². The third kappa shape index (κ3) is 4.13. The number of aromatic amines is 1. The summed E-state index contributed by atoms with van der Waals surface area (Å²) >= 11 is 0. The number of H-pyrrole nitrogens is 1. The molecule has 150 valence electrons. The predicted octanol–water partition coefficient (Wildman–Crippen LogP) is 2.55. The number of aromatic nitrogens is 2. The molecular formula is C22H30N4O2. The number of nitrogens with zero attached hydrogens (tertiary/aromatic N) is 3. The third-order valence-corrected chi connectivity index (χ3v) is 5.76. The number of rotatable bonds is 4. The molecule has 0 amide bonds. The van der Waals surface area contributed by atoms with Crippen LogP contribution in [-0.4, -0.2) is 53.3 Å². The number of nitrogens with one attached hydrogen (secondary N) is 1. The molecule has 2 aliphatic heterocycles. The highest BCUT2D eigenvalue weighted by molar-refractivity contribution is 5.35. The van der Waals surface area contributed by atoms with Crippen LogP contribution in [0.3, 0.4) is 0 Å². The lowest BCUT2D eigenvalue weighted by Gasteiger charge is -2.36. The Kier molecular flexibility index (Phi) is 5.51. The molecule has 2 aliphatic rings. The fourth-order valence-electron chi connectivity index (χ4n) is 4.41. The van der Waals surface area contributed by atoms with Crippen LogP contribution in [0.4, 0.5) is 5.95 Å². The van der Waals surface area contributed by atoms with Crippen molar-refractivity contribution in [3.8, 4) is 0 Å². The molecule has 6 heteroatoms. The van der Waals surface area contributed by atoms with E-state index in [1.807, 2.05) is 0 Å². The van der Waals surface area contributed by atoms with Crippen LogP contribution < -0.4 is 10.5 Å². The Morgan fingerprint density at radius 1 is 1.21 bits per heavy atom. The largest absolute Gasteiger partial charge is 0.372 e. The second kappa shape index (κ2) is 8.05. The number of anilines is 1. The summed E-state index contributed by atoms with van der Waals surface area (Å²) in [5, 5.41) is 0. The van der Waals surface area contributed by atoms with Crippen molar-refractivity contribution in [1.82, 2.24) is 14.9 Å². The zero-order chi connectivity index (χ0) is 19.7. The van der Waals surface area contributed by atoms with Crippen LogP contribution in [0.1, 0.15) is 43.5 Å². The van der Waals surface area contributed by atoms with E-state index < -0.39 is 0 Å². The van der Waals surface area contributed by atoms with Crippen LogP contribution in [0.5, 0.6) is 0 Å². The Labute approximate surface area is 166 Å². The Morgan fingerprint density at radius 2 is 1.93 bits per heavy atom. The lowest BCUT2D eigenvalue weighted by molar-refractivity contribution is -0.00576. The molecule has 1 aromatic carbocycles. The summed E-state index contributed by atoms with van der Waals surface area (Å²) < 4.78 is 5.81. The van der Waals surface area contributed by atoms with E-state index in [0.717, 1.165) is 50.4 Å². The molecule has 3 atom stereocenters. The van der Waals surface area contributed by atoms with E-state index in [2.05, 4.69) is 65.9 Å². The smallest absolute Gasteiger partial charge is 0.255 e. The molecule has 28 heavy (non-hydrogen) atoms. The molecule has 1 saturated heterocycles. The molecular weight excluding hydrogens is 352 g/mol. The van der Waals surface area contributed by atoms with E-state index in [1.165, 1.54) is 5.56 Å². The van der Waals surface area contributed by atoms with Gasteiger partial charge in [-0.05, 0) is 31.7 Å². The van der Waals surface area contributed by atoms with Crippen molar-refractivity contribution in [2.75, 3.05) is 31.1 Å². The number of ether oxygens (including phenoxy) is 1. The maximum atomic E-state index is 12.7. The Hall–Kier alpha value is -2.18. The van der Waals surface area contributed by atoms with Gasteiger partial charge in [-0.15, -0.1) is 0 Å². The van der Waals surface area contributed by atoms with Gasteiger partial charge in [-0.1, -0.05) is 37.3 Å². The molecule has 0 aliphatic carbocycles. The van der Waals surface area contributed by atoms with Gasteiger partial charge in [-0.3, -0.25) is 14.7 Å². The van der Waals surface area contributed by atoms with Gasteiger partial charge in [0.15, 0.2) is 0 Å². The van der Waals surface area contributed by atoms with Crippen molar-refractivity contribution in [3.63, 3.8) is 0 Å². The Bertz CT molecular complexity index is 857. The second-order valence-electron chi connectivity index (χ2n) is 8.27. The molecule has 0 bridgehead atoms. The summed E-state index contributed by atoms with van der Waals surface area (Å²) in [4.78, 5) is 25.1. The summed E-state index contributed by atoms with van der Waals surface area (Å²) in [6, 6.07) is 10.6. The van der Waals surface area contributed by atoms with Crippen molar-refractivity contribution in [1.29, 1.82) is 0 Å². The Morgan fingerprint density at radius 3 is 2.64 bits per heavy atom. The quantitative estimate of drug-likeness (QED) is 0.881. The molecule has 3 heterocycles. The van der Waals surface area contributed by atoms with E-state index >= 15 is 0 Å². The second-order valence-corrected chi connectivity index (χ2v) is 8.27. The number of hydrogen-bond donors (Lipinski definition) is 1. The van der Waals surface area contributed by atoms with Gasteiger partial charge in [-0.25, -0.2) is 4.98 Å². The van der Waals surface area contributed by atoms with E-state index in [-0.39, 0.29) is 17.8 Å². The monoisotopic (exact) mass is 382 g/mol. The maximum Gasteiger partial charge on any atom is 0.255 e. The summed E-state index contributed by atoms with van der Waals surface area (Å²) in [7, 11) is 0. The van der Waals surface area contributed by atoms with Gasteiger partial charge in [0.2, 0.25) is 5.95 Å². The van der Waals surface area contributed by atoms with Crippen molar-refractivity contribution < 1.29 is 4.74 Å². The van der Waals surface area contributed by atoms with Gasteiger partial charge >= 0.3 is 0 Å². The highest BCUT2D eigenvalue weighted by atomic mass is 16.5. The zero-order valence-electron chi connectivity index (χ0n) is 17.0. The molecule has 6 nitrogen and oxygen atoms in total. The van der Waals surface area contributed by atoms with Gasteiger partial charge in [0.05, 0.1) is 17.9 Å². The minimum Gasteiger partial charge on any atom is -0.372 e. The first-order valence-corrected chi connectivity index (χ1v) is 10.3. The molecule has 1 aromatic heterocycles. The molecule has 0 spiro atoms. The fourth-order valence-corrected chi connectivity index (χ4v) is 4.41. The molecule has 2 aromatic rings. The number of fused-ring (bicyclic) bond motifs is 1. The highest BCUT2D eigenvalue weighted by Crippen LogP contribution is 2.22. The van der Waals surface area contributed by atoms with Crippen molar-refractivity contribution in [2.24, 2.45) is 0 Å². The molecule has 1 N–H and O–H groups in total. The van der Waals surface area contributed by atoms with Crippen molar-refractivity contribution in [2.45, 2.75) is 51.9 Å². The van der Waals surface area contributed by atoms with E-state index in [0.29, 0.717) is 11.9 Å². The normalized spacial score (nSPS) is 24.0. The summed E-state index contributed by atoms with van der Waals surface area (Å²) in [6.07, 6.45) is 1.02. The zero-order valence-corrected chi connectivity index (χ0v) is 17.0. The lowest BCUT2D eigenvalue weighted by Crippen LogP contribution is -2.47. The van der Waals surface area contributed by atoms with Crippen LogP contribution >= 0.6 is 0 Å². The maximum absolute atomic E-state index is 12.7. The number of morpholine rings is 1. The third-order valence-electron chi connectivity index (χ3n) is 5.76. The standard InChI is InChI=1S/C22H30N4O2/c1-15(18-7-5-4-6-8-18)11-25-10-9-19-20(14-25)23-22(24-21(19)27)26-12-16(2)28-17(3)13-26/h4-8,15-17H,9-14H2,1-3H3,(H,23,24,27)/t15-,16+,17+/m0/s1. The lowest BCUT2D eigenvalue weighted by atomic mass is 9.99. The van der Waals surface area contributed by atoms with Crippen LogP contribution in [0.25, 0.3) is 0 Å². The highest BCUT2D eigenvalue weighted by Gasteiger charge is 2.27. The van der Waals surface area contributed by atoms with Crippen LogP contribution in [0, 0.1) is 0 Å². The van der Waals surface area contributed by atoms with E-state index in [4.69, 9.17) is 9.72 Å². The summed E-state index contributed by atoms with van der Waals surface area (Å²) in [6.45, 7) is 10.5. The molecule has 1 fully saturated rings. The van der Waals surface area contributed by atoms with E-state index in [1.54, 1.807) is 0 Å². The topological polar surface area (TPSA) is 61.5 Å². The van der Waals surface area contributed by atoms with Crippen molar-refractivity contribution in [3.05, 3.63) is 57.5 Å². The average Bonchev–Trinajstić information content (AvgIpc) is 2.67. The number of hydrogen-bond acceptors (Lipinski definition) is 5. The van der Waals surface area contributed by atoms with Crippen LogP contribution in [0.2, 0.25) is 0 Å². The molecule has 0 radical (unpaired) electrons. The Balaban J connectivity index is 1.51. The molecule has 0 unspecified atom stereocenters. The SMILES string of the molecule is C[C@@H]1CN(c2nc3c(c(=O)[nH]2)CCN(C[C@H](C)c2ccccc2)C3)C[C@@H](C)O1. The minimum absolute atomic E-state index is 0.0163. The summed E-state index contributed by atoms with van der Waals surface area (Å²) in [5.41, 5.74) is 3.14. The van der Waals surface area contributed by atoms with Crippen LogP contribution in [0.15, 0.2) is 35.1 Å². The molecule has 0 saturated carbocycles. The van der Waals surface area contributed by atoms with Gasteiger partial charge in [0.1, 0.15) is 0 Å². The molecule has 4 rings (SSSR count). The van der Waals surface area contributed by atoms with Gasteiger partial charge in [0.25, 0.3) is 5.56 Å². The fraction of sp³-hybridized carbons (Fsp3) is 0.545. The van der Waals surface area contributed by atoms with Crippen molar-refractivity contribution >= 4 is 5.95 Å². The van der Waals surface area contributed by atoms with Crippen LogP contribution in [-0.2, 0) is 17.7 Å². The first-order chi connectivity index (χ1) is 13.5. The van der Waals surface area contributed by atoms with Gasteiger partial charge in [-0.2, -0.15) is 0 Å². The predicted molar refractivity (Wildman–Crippen MR) is 111 cm³/mol.